The Labute approximate surface area is 160 Å². The molecule has 8 heteroatoms. The summed E-state index contributed by atoms with van der Waals surface area (Å²) in [6.45, 7) is 1.30. The Morgan fingerprint density at radius 2 is 1.92 bits per heavy atom. The van der Waals surface area contributed by atoms with E-state index in [2.05, 4.69) is 5.10 Å². The van der Waals surface area contributed by atoms with Gasteiger partial charge in [0.2, 0.25) is 11.8 Å². The van der Waals surface area contributed by atoms with Crippen LogP contribution in [0, 0.1) is 17.8 Å². The molecule has 2 unspecified atom stereocenters. The number of piperazine rings is 1. The summed E-state index contributed by atoms with van der Waals surface area (Å²) in [7, 11) is 1.83. The number of aromatic nitrogens is 2. The molecule has 26 heavy (non-hydrogen) atoms. The number of hydrogen-bond donors (Lipinski definition) is 1. The molecule has 7 nitrogen and oxygen atoms in total. The number of amides is 2. The van der Waals surface area contributed by atoms with Crippen LogP contribution >= 0.6 is 12.4 Å². The first-order valence-corrected chi connectivity index (χ1v) is 9.36. The summed E-state index contributed by atoms with van der Waals surface area (Å²) in [6, 6.07) is 0.266. The van der Waals surface area contributed by atoms with Crippen molar-refractivity contribution in [3.8, 4) is 0 Å². The number of hydrogen-bond acceptors (Lipinski definition) is 4. The first-order valence-electron chi connectivity index (χ1n) is 9.36. The van der Waals surface area contributed by atoms with Crippen LogP contribution in [0.3, 0.4) is 0 Å². The summed E-state index contributed by atoms with van der Waals surface area (Å²) in [5.74, 6) is 1.14. The van der Waals surface area contributed by atoms with E-state index in [-0.39, 0.29) is 42.7 Å². The van der Waals surface area contributed by atoms with Crippen LogP contribution in [-0.4, -0.2) is 52.2 Å². The lowest BCUT2D eigenvalue weighted by atomic mass is 9.65. The zero-order valence-corrected chi connectivity index (χ0v) is 16.0. The molecule has 2 atom stereocenters. The van der Waals surface area contributed by atoms with E-state index in [0.717, 1.165) is 31.4 Å². The highest BCUT2D eigenvalue weighted by atomic mass is 35.5. The highest BCUT2D eigenvalue weighted by Crippen LogP contribution is 2.42. The minimum atomic E-state index is -0.0275. The Kier molecular flexibility index (Phi) is 5.58. The van der Waals surface area contributed by atoms with Crippen LogP contribution in [0.1, 0.15) is 32.1 Å². The molecule has 1 aromatic rings. The molecule has 1 saturated heterocycles. The van der Waals surface area contributed by atoms with E-state index in [0.29, 0.717) is 24.9 Å². The number of aryl methyl sites for hydroxylation is 1. The highest BCUT2D eigenvalue weighted by molar-refractivity contribution is 5.98. The highest BCUT2D eigenvalue weighted by Gasteiger charge is 2.42. The van der Waals surface area contributed by atoms with Gasteiger partial charge in [-0.05, 0) is 37.5 Å². The van der Waals surface area contributed by atoms with Crippen molar-refractivity contribution < 1.29 is 9.59 Å². The Balaban J connectivity index is 0.00000196. The molecule has 2 amide bonds. The quantitative estimate of drug-likeness (QED) is 0.833. The van der Waals surface area contributed by atoms with Gasteiger partial charge in [0.1, 0.15) is 6.54 Å². The van der Waals surface area contributed by atoms with Gasteiger partial charge < -0.3 is 15.5 Å². The predicted molar refractivity (Wildman–Crippen MR) is 101 cm³/mol. The molecule has 0 spiro atoms. The number of nitrogens with two attached hydrogens (primary N) is 1. The van der Waals surface area contributed by atoms with Crippen LogP contribution in [0.25, 0.3) is 0 Å². The molecule has 2 N–H and O–H groups in total. The fourth-order valence-electron chi connectivity index (χ4n) is 4.93. The molecule has 2 aliphatic carbocycles. The molecule has 4 rings (SSSR count). The standard InChI is InChI=1S/C18H27N5O2.ClH/c1-21-10-15(9-20-21)23-6-5-22(11-16(23)24)18(25)14-7-12-3-2-4-13(8-14)17(12)19;/h9-10,12-14,17H,2-8,11,19H2,1H3;1H. The number of carbonyl (C=O) groups is 2. The number of fused-ring (bicyclic) bond motifs is 2. The summed E-state index contributed by atoms with van der Waals surface area (Å²) in [4.78, 5) is 29.0. The van der Waals surface area contributed by atoms with Gasteiger partial charge in [-0.3, -0.25) is 14.3 Å². The maximum Gasteiger partial charge on any atom is 0.246 e. The molecule has 3 aliphatic rings. The first kappa shape index (κ1) is 19.2. The topological polar surface area (TPSA) is 84.5 Å². The van der Waals surface area contributed by atoms with Crippen LogP contribution in [-0.2, 0) is 16.6 Å². The second-order valence-electron chi connectivity index (χ2n) is 7.87. The zero-order valence-electron chi connectivity index (χ0n) is 15.2. The Hall–Kier alpha value is -1.60. The molecule has 0 radical (unpaired) electrons. The molecule has 2 saturated carbocycles. The Bertz CT molecular complexity index is 664. The number of nitrogens with zero attached hydrogens (tertiary/aromatic N) is 4. The third-order valence-corrected chi connectivity index (χ3v) is 6.30. The van der Waals surface area contributed by atoms with Gasteiger partial charge in [0, 0.05) is 38.3 Å². The number of halogens is 1. The number of rotatable bonds is 2. The van der Waals surface area contributed by atoms with E-state index >= 15 is 0 Å². The van der Waals surface area contributed by atoms with Crippen molar-refractivity contribution in [2.75, 3.05) is 24.5 Å². The monoisotopic (exact) mass is 381 g/mol. The molecule has 144 valence electrons. The fourth-order valence-corrected chi connectivity index (χ4v) is 4.93. The summed E-state index contributed by atoms with van der Waals surface area (Å²) >= 11 is 0. The van der Waals surface area contributed by atoms with Gasteiger partial charge in [-0.2, -0.15) is 5.10 Å². The van der Waals surface area contributed by atoms with Crippen molar-refractivity contribution in [2.24, 2.45) is 30.5 Å². The van der Waals surface area contributed by atoms with E-state index in [9.17, 15) is 9.59 Å². The molecule has 1 aliphatic heterocycles. The SMILES string of the molecule is Cl.Cn1cc(N2CCN(C(=O)C3CC4CCCC(C3)C4N)CC2=O)cn1. The van der Waals surface area contributed by atoms with Gasteiger partial charge in [0.15, 0.2) is 0 Å². The number of carbonyl (C=O) groups excluding carboxylic acids is 2. The second-order valence-corrected chi connectivity index (χ2v) is 7.87. The normalized spacial score (nSPS) is 31.5. The van der Waals surface area contributed by atoms with Gasteiger partial charge in [-0.15, -0.1) is 12.4 Å². The lowest BCUT2D eigenvalue weighted by Gasteiger charge is -2.45. The fraction of sp³-hybridized carbons (Fsp3) is 0.722. The average molecular weight is 382 g/mol. The molecule has 2 bridgehead atoms. The summed E-state index contributed by atoms with van der Waals surface area (Å²) < 4.78 is 1.68. The molecule has 1 aromatic heterocycles. The number of anilines is 1. The van der Waals surface area contributed by atoms with Crippen molar-refractivity contribution in [1.29, 1.82) is 0 Å². The third-order valence-electron chi connectivity index (χ3n) is 6.30. The predicted octanol–water partition coefficient (Wildman–Crippen LogP) is 1.17. The van der Waals surface area contributed by atoms with Crippen LogP contribution in [0.2, 0.25) is 0 Å². The minimum absolute atomic E-state index is 0. The molecule has 2 heterocycles. The largest absolute Gasteiger partial charge is 0.331 e. The van der Waals surface area contributed by atoms with Crippen molar-refractivity contribution in [1.82, 2.24) is 14.7 Å². The van der Waals surface area contributed by atoms with Crippen molar-refractivity contribution in [3.05, 3.63) is 12.4 Å². The molecule has 0 aromatic carbocycles. The maximum atomic E-state index is 13.0. The average Bonchev–Trinajstić information content (AvgIpc) is 3.00. The van der Waals surface area contributed by atoms with Gasteiger partial charge in [0.05, 0.1) is 11.9 Å². The van der Waals surface area contributed by atoms with E-state index in [4.69, 9.17) is 5.73 Å². The van der Waals surface area contributed by atoms with E-state index in [1.165, 1.54) is 6.42 Å². The minimum Gasteiger partial charge on any atom is -0.331 e. The van der Waals surface area contributed by atoms with E-state index in [1.54, 1.807) is 20.7 Å². The van der Waals surface area contributed by atoms with Gasteiger partial charge in [0.25, 0.3) is 0 Å². The van der Waals surface area contributed by atoms with Crippen molar-refractivity contribution in [3.63, 3.8) is 0 Å². The Morgan fingerprint density at radius 1 is 1.23 bits per heavy atom. The first-order chi connectivity index (χ1) is 12.0. The molecular formula is C18H28ClN5O2. The molecule has 3 fully saturated rings. The van der Waals surface area contributed by atoms with Crippen LogP contribution in [0.15, 0.2) is 12.4 Å². The lowest BCUT2D eigenvalue weighted by molar-refractivity contribution is -0.142. The van der Waals surface area contributed by atoms with Crippen molar-refractivity contribution in [2.45, 2.75) is 38.1 Å². The van der Waals surface area contributed by atoms with Gasteiger partial charge in [-0.25, -0.2) is 0 Å². The smallest absolute Gasteiger partial charge is 0.246 e. The Morgan fingerprint density at radius 3 is 2.50 bits per heavy atom. The van der Waals surface area contributed by atoms with Crippen LogP contribution in [0.5, 0.6) is 0 Å². The van der Waals surface area contributed by atoms with E-state index < -0.39 is 0 Å². The second kappa shape index (κ2) is 7.56. The van der Waals surface area contributed by atoms with Gasteiger partial charge in [-0.1, -0.05) is 6.42 Å². The van der Waals surface area contributed by atoms with Crippen LogP contribution in [0.4, 0.5) is 5.69 Å². The van der Waals surface area contributed by atoms with Crippen LogP contribution < -0.4 is 10.6 Å². The summed E-state index contributed by atoms with van der Waals surface area (Å²) in [6.07, 6.45) is 8.86. The summed E-state index contributed by atoms with van der Waals surface area (Å²) in [5.41, 5.74) is 7.14. The summed E-state index contributed by atoms with van der Waals surface area (Å²) in [5, 5.41) is 4.12. The zero-order chi connectivity index (χ0) is 17.6. The molecular weight excluding hydrogens is 354 g/mol. The van der Waals surface area contributed by atoms with Crippen molar-refractivity contribution >= 4 is 29.9 Å². The maximum absolute atomic E-state index is 13.0. The lowest BCUT2D eigenvalue weighted by Crippen LogP contribution is -2.55. The van der Waals surface area contributed by atoms with E-state index in [1.807, 2.05) is 13.2 Å². The van der Waals surface area contributed by atoms with Gasteiger partial charge >= 0.3 is 0 Å². The third kappa shape index (κ3) is 3.47.